The third kappa shape index (κ3) is 3.40. The lowest BCUT2D eigenvalue weighted by molar-refractivity contribution is 0.929. The number of anilines is 3. The van der Waals surface area contributed by atoms with E-state index < -0.39 is 5.54 Å². The van der Waals surface area contributed by atoms with Crippen LogP contribution >= 0.6 is 0 Å². The summed E-state index contributed by atoms with van der Waals surface area (Å²) in [7, 11) is 0. The monoisotopic (exact) mass is 328 g/mol. The summed E-state index contributed by atoms with van der Waals surface area (Å²) in [6.45, 7) is 0. The van der Waals surface area contributed by atoms with Gasteiger partial charge in [0.1, 0.15) is 17.2 Å². The molecule has 1 aromatic carbocycles. The van der Waals surface area contributed by atoms with Gasteiger partial charge in [-0.25, -0.2) is 9.97 Å². The van der Waals surface area contributed by atoms with E-state index in [-0.39, 0.29) is 0 Å². The van der Waals surface area contributed by atoms with Crippen LogP contribution in [0.1, 0.15) is 12.8 Å². The standard InChI is InChI=1S/C19H16N6/c20-13-19(8-9-19)25-17-12-16(22-15-6-10-21-11-7-15)23-18(24-17)14-4-2-1-3-5-14/h1-7,10-12H,8-9H2,(H2,21,22,23,24,25). The summed E-state index contributed by atoms with van der Waals surface area (Å²) in [6.07, 6.45) is 5.11. The van der Waals surface area contributed by atoms with E-state index in [1.54, 1.807) is 12.4 Å². The molecular weight excluding hydrogens is 312 g/mol. The summed E-state index contributed by atoms with van der Waals surface area (Å²) in [5.74, 6) is 1.91. The molecule has 2 N–H and O–H groups in total. The Morgan fingerprint density at radius 2 is 1.68 bits per heavy atom. The number of nitriles is 1. The molecule has 1 aliphatic carbocycles. The van der Waals surface area contributed by atoms with Gasteiger partial charge < -0.3 is 10.6 Å². The van der Waals surface area contributed by atoms with Crippen LogP contribution in [-0.2, 0) is 0 Å². The molecule has 3 aromatic rings. The number of nitrogens with one attached hydrogen (secondary N) is 2. The van der Waals surface area contributed by atoms with Gasteiger partial charge in [0.2, 0.25) is 0 Å². The van der Waals surface area contributed by atoms with Gasteiger partial charge in [0.05, 0.1) is 6.07 Å². The molecule has 0 atom stereocenters. The lowest BCUT2D eigenvalue weighted by atomic mass is 10.2. The lowest BCUT2D eigenvalue weighted by Gasteiger charge is -2.14. The van der Waals surface area contributed by atoms with Gasteiger partial charge in [0.15, 0.2) is 5.82 Å². The number of nitrogens with zero attached hydrogens (tertiary/aromatic N) is 4. The second kappa shape index (κ2) is 6.21. The Labute approximate surface area is 145 Å². The molecule has 0 spiro atoms. The van der Waals surface area contributed by atoms with Gasteiger partial charge in [-0.15, -0.1) is 0 Å². The van der Waals surface area contributed by atoms with Gasteiger partial charge in [0.25, 0.3) is 0 Å². The largest absolute Gasteiger partial charge is 0.352 e. The highest BCUT2D eigenvalue weighted by Crippen LogP contribution is 2.38. The van der Waals surface area contributed by atoms with Crippen LogP contribution in [0, 0.1) is 11.3 Å². The first-order valence-electron chi connectivity index (χ1n) is 8.07. The van der Waals surface area contributed by atoms with Crippen molar-refractivity contribution in [2.45, 2.75) is 18.4 Å². The van der Waals surface area contributed by atoms with Gasteiger partial charge in [-0.05, 0) is 25.0 Å². The predicted molar refractivity (Wildman–Crippen MR) is 96.2 cm³/mol. The Hall–Kier alpha value is -3.46. The van der Waals surface area contributed by atoms with Crippen LogP contribution in [0.25, 0.3) is 11.4 Å². The first-order chi connectivity index (χ1) is 12.3. The Morgan fingerprint density at radius 1 is 0.960 bits per heavy atom. The van der Waals surface area contributed by atoms with Crippen LogP contribution in [-0.4, -0.2) is 20.5 Å². The number of benzene rings is 1. The third-order valence-electron chi connectivity index (χ3n) is 4.04. The Kier molecular flexibility index (Phi) is 3.75. The first kappa shape index (κ1) is 15.1. The topological polar surface area (TPSA) is 86.5 Å². The molecule has 2 aromatic heterocycles. The van der Waals surface area contributed by atoms with E-state index in [9.17, 15) is 5.26 Å². The van der Waals surface area contributed by atoms with Crippen molar-refractivity contribution in [1.29, 1.82) is 5.26 Å². The average molecular weight is 328 g/mol. The van der Waals surface area contributed by atoms with E-state index in [0.29, 0.717) is 17.5 Å². The molecule has 6 nitrogen and oxygen atoms in total. The minimum absolute atomic E-state index is 0.490. The molecule has 0 bridgehead atoms. The molecule has 0 amide bonds. The summed E-state index contributed by atoms with van der Waals surface area (Å²) in [4.78, 5) is 13.2. The van der Waals surface area contributed by atoms with E-state index in [1.165, 1.54) is 0 Å². The molecule has 0 radical (unpaired) electrons. The zero-order chi connectivity index (χ0) is 17.1. The normalized spacial score (nSPS) is 14.4. The molecule has 122 valence electrons. The minimum Gasteiger partial charge on any atom is -0.352 e. The zero-order valence-electron chi connectivity index (χ0n) is 13.5. The van der Waals surface area contributed by atoms with E-state index in [4.69, 9.17) is 0 Å². The van der Waals surface area contributed by atoms with E-state index in [2.05, 4.69) is 31.7 Å². The average Bonchev–Trinajstić information content (AvgIpc) is 3.43. The van der Waals surface area contributed by atoms with Crippen molar-refractivity contribution in [1.82, 2.24) is 15.0 Å². The summed E-state index contributed by atoms with van der Waals surface area (Å²) in [5.41, 5.74) is 1.32. The highest BCUT2D eigenvalue weighted by Gasteiger charge is 2.43. The third-order valence-corrected chi connectivity index (χ3v) is 4.04. The van der Waals surface area contributed by atoms with Gasteiger partial charge in [0, 0.05) is 29.7 Å². The molecule has 0 unspecified atom stereocenters. The Bertz CT molecular complexity index is 914. The fourth-order valence-electron chi connectivity index (χ4n) is 2.51. The fourth-order valence-corrected chi connectivity index (χ4v) is 2.51. The number of hydrogen-bond donors (Lipinski definition) is 2. The van der Waals surface area contributed by atoms with Crippen molar-refractivity contribution in [2.75, 3.05) is 10.6 Å². The second-order valence-corrected chi connectivity index (χ2v) is 6.01. The second-order valence-electron chi connectivity index (χ2n) is 6.01. The Balaban J connectivity index is 1.71. The van der Waals surface area contributed by atoms with Crippen molar-refractivity contribution in [3.63, 3.8) is 0 Å². The summed E-state index contributed by atoms with van der Waals surface area (Å²) >= 11 is 0. The number of pyridine rings is 1. The van der Waals surface area contributed by atoms with Crippen molar-refractivity contribution >= 4 is 17.3 Å². The molecule has 0 saturated heterocycles. The Morgan fingerprint density at radius 3 is 2.36 bits per heavy atom. The summed E-state index contributed by atoms with van der Waals surface area (Å²) in [5, 5.41) is 15.8. The van der Waals surface area contributed by atoms with Crippen LogP contribution in [0.3, 0.4) is 0 Å². The van der Waals surface area contributed by atoms with Crippen LogP contribution in [0.15, 0.2) is 60.9 Å². The maximum atomic E-state index is 9.33. The minimum atomic E-state index is -0.490. The molecular formula is C19H16N6. The SMILES string of the molecule is N#CC1(Nc2cc(Nc3ccncc3)nc(-c3ccccc3)n2)CC1. The molecule has 1 aliphatic rings. The molecule has 25 heavy (non-hydrogen) atoms. The number of aromatic nitrogens is 3. The fraction of sp³-hybridized carbons (Fsp3) is 0.158. The molecule has 0 aliphatic heterocycles. The highest BCUT2D eigenvalue weighted by atomic mass is 15.1. The predicted octanol–water partition coefficient (Wildman–Crippen LogP) is 3.75. The van der Waals surface area contributed by atoms with E-state index >= 15 is 0 Å². The number of hydrogen-bond acceptors (Lipinski definition) is 6. The maximum Gasteiger partial charge on any atom is 0.163 e. The van der Waals surface area contributed by atoms with Crippen LogP contribution in [0.5, 0.6) is 0 Å². The smallest absolute Gasteiger partial charge is 0.163 e. The van der Waals surface area contributed by atoms with E-state index in [0.717, 1.165) is 24.1 Å². The zero-order valence-corrected chi connectivity index (χ0v) is 13.5. The molecule has 6 heteroatoms. The summed E-state index contributed by atoms with van der Waals surface area (Å²) < 4.78 is 0. The van der Waals surface area contributed by atoms with Gasteiger partial charge in [-0.3, -0.25) is 4.98 Å². The number of rotatable bonds is 5. The van der Waals surface area contributed by atoms with Gasteiger partial charge in [-0.2, -0.15) is 5.26 Å². The van der Waals surface area contributed by atoms with Crippen LogP contribution in [0.4, 0.5) is 17.3 Å². The molecule has 1 saturated carbocycles. The molecule has 1 fully saturated rings. The molecule has 2 heterocycles. The van der Waals surface area contributed by atoms with Crippen molar-refractivity contribution in [3.05, 3.63) is 60.9 Å². The molecule has 4 rings (SSSR count). The van der Waals surface area contributed by atoms with Gasteiger partial charge >= 0.3 is 0 Å². The lowest BCUT2D eigenvalue weighted by Crippen LogP contribution is -2.19. The quantitative estimate of drug-likeness (QED) is 0.742. The van der Waals surface area contributed by atoms with Crippen LogP contribution < -0.4 is 10.6 Å². The maximum absolute atomic E-state index is 9.33. The first-order valence-corrected chi connectivity index (χ1v) is 8.07. The van der Waals surface area contributed by atoms with Crippen molar-refractivity contribution in [2.24, 2.45) is 0 Å². The highest BCUT2D eigenvalue weighted by molar-refractivity contribution is 5.65. The van der Waals surface area contributed by atoms with Gasteiger partial charge in [-0.1, -0.05) is 30.3 Å². The van der Waals surface area contributed by atoms with Crippen LogP contribution in [0.2, 0.25) is 0 Å². The van der Waals surface area contributed by atoms with E-state index in [1.807, 2.05) is 48.5 Å². The van der Waals surface area contributed by atoms with Crippen molar-refractivity contribution in [3.8, 4) is 17.5 Å². The van der Waals surface area contributed by atoms with Crippen molar-refractivity contribution < 1.29 is 0 Å². The summed E-state index contributed by atoms with van der Waals surface area (Å²) in [6, 6.07) is 17.7.